The lowest BCUT2D eigenvalue weighted by atomic mass is 9.88. The Balaban J connectivity index is 1.84. The van der Waals surface area contributed by atoms with Gasteiger partial charge in [-0.2, -0.15) is 0 Å². The van der Waals surface area contributed by atoms with Gasteiger partial charge in [-0.1, -0.05) is 49.1 Å². The molecule has 6 nitrogen and oxygen atoms in total. The van der Waals surface area contributed by atoms with E-state index in [0.717, 1.165) is 16.0 Å². The quantitative estimate of drug-likeness (QED) is 0.501. The van der Waals surface area contributed by atoms with Crippen molar-refractivity contribution in [1.82, 2.24) is 0 Å². The summed E-state index contributed by atoms with van der Waals surface area (Å²) in [4.78, 5) is 25.7. The number of thiophene rings is 1. The molecule has 0 unspecified atom stereocenters. The fourth-order valence-electron chi connectivity index (χ4n) is 3.76. The number of carboxylic acid groups (broad SMARTS) is 1. The highest BCUT2D eigenvalue weighted by Gasteiger charge is 2.34. The first kappa shape index (κ1) is 20.7. The fraction of sp³-hybridized carbons (Fsp3) is 0.167. The van der Waals surface area contributed by atoms with Gasteiger partial charge in [-0.3, -0.25) is 4.79 Å². The van der Waals surface area contributed by atoms with Gasteiger partial charge in [-0.15, -0.1) is 11.3 Å². The van der Waals surface area contributed by atoms with E-state index in [4.69, 9.17) is 9.47 Å². The molecule has 1 atom stereocenters. The van der Waals surface area contributed by atoms with Gasteiger partial charge in [0.1, 0.15) is 11.5 Å². The monoisotopic (exact) mass is 435 g/mol. The molecule has 3 aromatic rings. The van der Waals surface area contributed by atoms with Gasteiger partial charge in [0.15, 0.2) is 11.5 Å². The summed E-state index contributed by atoms with van der Waals surface area (Å²) in [7, 11) is 1.56. The molecule has 0 saturated heterocycles. The lowest BCUT2D eigenvalue weighted by Crippen LogP contribution is -2.22. The maximum Gasteiger partial charge on any atom is 0.346 e. The molecule has 1 aliphatic heterocycles. The zero-order valence-corrected chi connectivity index (χ0v) is 17.7. The third kappa shape index (κ3) is 3.92. The van der Waals surface area contributed by atoms with Crippen LogP contribution in [-0.2, 0) is 4.79 Å². The van der Waals surface area contributed by atoms with Crippen molar-refractivity contribution in [2.24, 2.45) is 0 Å². The van der Waals surface area contributed by atoms with E-state index in [0.29, 0.717) is 29.4 Å². The number of methoxy groups -OCH3 is 1. The smallest absolute Gasteiger partial charge is 0.346 e. The zero-order valence-electron chi connectivity index (χ0n) is 16.9. The molecule has 2 N–H and O–H groups in total. The largest absolute Gasteiger partial charge is 0.493 e. The highest BCUT2D eigenvalue weighted by atomic mass is 32.1. The lowest BCUT2D eigenvalue weighted by molar-refractivity contribution is -0.116. The molecule has 0 bridgehead atoms. The number of nitrogens with one attached hydrogen (secondary N) is 1. The van der Waals surface area contributed by atoms with Crippen molar-refractivity contribution in [3.63, 3.8) is 0 Å². The molecule has 2 heterocycles. The minimum absolute atomic E-state index is 0.157. The summed E-state index contributed by atoms with van der Waals surface area (Å²) in [6.45, 7) is 3.99. The number of carboxylic acids is 1. The molecule has 0 radical (unpaired) electrons. The number of hydrogen-bond donors (Lipinski definition) is 2. The molecule has 158 valence electrons. The second-order valence-corrected chi connectivity index (χ2v) is 8.08. The molecule has 7 heteroatoms. The predicted molar refractivity (Wildman–Crippen MR) is 120 cm³/mol. The van der Waals surface area contributed by atoms with Crippen molar-refractivity contribution in [1.29, 1.82) is 0 Å². The van der Waals surface area contributed by atoms with E-state index in [1.165, 1.54) is 11.3 Å². The number of carbonyl (C=O) groups excluding carboxylic acids is 1. The van der Waals surface area contributed by atoms with Crippen LogP contribution in [0.3, 0.4) is 0 Å². The Hall–Kier alpha value is -3.58. The third-order valence-electron chi connectivity index (χ3n) is 5.11. The first-order chi connectivity index (χ1) is 15.0. The Morgan fingerprint density at radius 3 is 2.71 bits per heavy atom. The van der Waals surface area contributed by atoms with Crippen molar-refractivity contribution in [3.05, 3.63) is 76.5 Å². The molecule has 1 aliphatic rings. The molecular formula is C24H21NO5S. The van der Waals surface area contributed by atoms with Crippen molar-refractivity contribution in [2.45, 2.75) is 12.3 Å². The van der Waals surface area contributed by atoms with Crippen molar-refractivity contribution in [3.8, 4) is 22.6 Å². The van der Waals surface area contributed by atoms with Crippen LogP contribution in [0.15, 0.2) is 61.2 Å². The van der Waals surface area contributed by atoms with Gasteiger partial charge in [0.25, 0.3) is 0 Å². The minimum Gasteiger partial charge on any atom is -0.493 e. The van der Waals surface area contributed by atoms with Gasteiger partial charge in [0.05, 0.1) is 12.8 Å². The molecule has 0 spiro atoms. The van der Waals surface area contributed by atoms with Gasteiger partial charge in [-0.25, -0.2) is 4.79 Å². The van der Waals surface area contributed by atoms with Crippen LogP contribution in [0.2, 0.25) is 0 Å². The molecular weight excluding hydrogens is 414 g/mol. The van der Waals surface area contributed by atoms with Gasteiger partial charge in [-0.05, 0) is 23.3 Å². The summed E-state index contributed by atoms with van der Waals surface area (Å²) < 4.78 is 11.1. The summed E-state index contributed by atoms with van der Waals surface area (Å²) in [6, 6.07) is 14.8. The van der Waals surface area contributed by atoms with Crippen LogP contribution in [0.4, 0.5) is 5.69 Å². The van der Waals surface area contributed by atoms with Gasteiger partial charge in [0.2, 0.25) is 5.91 Å². The summed E-state index contributed by atoms with van der Waals surface area (Å²) in [5.41, 5.74) is 2.73. The highest BCUT2D eigenvalue weighted by Crippen LogP contribution is 2.50. The maximum atomic E-state index is 12.6. The van der Waals surface area contributed by atoms with Crippen LogP contribution < -0.4 is 14.8 Å². The van der Waals surface area contributed by atoms with Crippen molar-refractivity contribution >= 4 is 28.9 Å². The number of ether oxygens (including phenoxy) is 2. The van der Waals surface area contributed by atoms with E-state index in [1.54, 1.807) is 19.3 Å². The Kier molecular flexibility index (Phi) is 5.77. The standard InChI is InChI=1S/C24H21NO5S/c1-3-11-30-17-10-9-15(12-18(17)29-2)16-13-19(26)25-21-20(14-7-5-4-6-8-14)23(24(27)28)31-22(16)21/h3-10,12,16H,1,11,13H2,2H3,(H,25,26)(H,27,28)/t16-/m0/s1. The van der Waals surface area contributed by atoms with Crippen LogP contribution in [-0.4, -0.2) is 30.7 Å². The highest BCUT2D eigenvalue weighted by molar-refractivity contribution is 7.15. The molecule has 31 heavy (non-hydrogen) atoms. The molecule has 0 aliphatic carbocycles. The average molecular weight is 436 g/mol. The Labute approximate surface area is 183 Å². The summed E-state index contributed by atoms with van der Waals surface area (Å²) in [5, 5.41) is 12.8. The minimum atomic E-state index is -1.02. The van der Waals surface area contributed by atoms with E-state index in [1.807, 2.05) is 42.5 Å². The van der Waals surface area contributed by atoms with Crippen LogP contribution in [0.1, 0.15) is 32.5 Å². The average Bonchev–Trinajstić information content (AvgIpc) is 3.17. The molecule has 1 aromatic heterocycles. The summed E-state index contributed by atoms with van der Waals surface area (Å²) in [5.74, 6) is -0.335. The topological polar surface area (TPSA) is 84.9 Å². The SMILES string of the molecule is C=CCOc1ccc([C@@H]2CC(=O)Nc3c2sc(C(=O)O)c3-c2ccccc2)cc1OC. The second kappa shape index (κ2) is 8.65. The Morgan fingerprint density at radius 2 is 2.03 bits per heavy atom. The number of aromatic carboxylic acids is 1. The van der Waals surface area contributed by atoms with Crippen LogP contribution >= 0.6 is 11.3 Å². The Bertz CT molecular complexity index is 1150. The second-order valence-electron chi connectivity index (χ2n) is 7.03. The molecule has 4 rings (SSSR count). The van der Waals surface area contributed by atoms with E-state index in [9.17, 15) is 14.7 Å². The number of fused-ring (bicyclic) bond motifs is 1. The number of benzene rings is 2. The van der Waals surface area contributed by atoms with E-state index < -0.39 is 5.97 Å². The Morgan fingerprint density at radius 1 is 1.26 bits per heavy atom. The number of amides is 1. The summed E-state index contributed by atoms with van der Waals surface area (Å²) in [6.07, 6.45) is 1.87. The van der Waals surface area contributed by atoms with E-state index in [2.05, 4.69) is 11.9 Å². The molecule has 0 fully saturated rings. The van der Waals surface area contributed by atoms with Gasteiger partial charge < -0.3 is 19.9 Å². The normalized spacial score (nSPS) is 15.0. The van der Waals surface area contributed by atoms with Crippen LogP contribution in [0, 0.1) is 0 Å². The van der Waals surface area contributed by atoms with Crippen LogP contribution in [0.25, 0.3) is 11.1 Å². The number of rotatable bonds is 7. The predicted octanol–water partition coefficient (Wildman–Crippen LogP) is 5.16. The number of carbonyl (C=O) groups is 2. The summed E-state index contributed by atoms with van der Waals surface area (Å²) >= 11 is 1.20. The molecule has 1 amide bonds. The first-order valence-corrected chi connectivity index (χ1v) is 10.5. The zero-order chi connectivity index (χ0) is 22.0. The van der Waals surface area contributed by atoms with E-state index in [-0.39, 0.29) is 23.1 Å². The first-order valence-electron chi connectivity index (χ1n) is 9.70. The fourth-order valence-corrected chi connectivity index (χ4v) is 5.00. The van der Waals surface area contributed by atoms with Crippen molar-refractivity contribution in [2.75, 3.05) is 19.0 Å². The maximum absolute atomic E-state index is 12.6. The van der Waals surface area contributed by atoms with E-state index >= 15 is 0 Å². The molecule has 0 saturated carbocycles. The lowest BCUT2D eigenvalue weighted by Gasteiger charge is -2.24. The number of anilines is 1. The molecule has 2 aromatic carbocycles. The third-order valence-corrected chi connectivity index (χ3v) is 6.40. The van der Waals surface area contributed by atoms with Gasteiger partial charge >= 0.3 is 5.97 Å². The van der Waals surface area contributed by atoms with Gasteiger partial charge in [0, 0.05) is 22.8 Å². The number of hydrogen-bond acceptors (Lipinski definition) is 5. The van der Waals surface area contributed by atoms with Crippen LogP contribution in [0.5, 0.6) is 11.5 Å². The van der Waals surface area contributed by atoms with Crippen molar-refractivity contribution < 1.29 is 24.2 Å².